The lowest BCUT2D eigenvalue weighted by atomic mass is 10.2. The minimum absolute atomic E-state index is 0.187. The Bertz CT molecular complexity index is 575. The molecule has 1 fully saturated rings. The molecule has 0 aromatic carbocycles. The Morgan fingerprint density at radius 1 is 1.58 bits per heavy atom. The Hall–Kier alpha value is -1.89. The van der Waals surface area contributed by atoms with E-state index in [-0.39, 0.29) is 11.7 Å². The van der Waals surface area contributed by atoms with Crippen molar-refractivity contribution < 1.29 is 9.32 Å². The predicted molar refractivity (Wildman–Crippen MR) is 72.3 cm³/mol. The molecule has 2 aromatic rings. The van der Waals surface area contributed by atoms with Gasteiger partial charge in [-0.3, -0.25) is 4.79 Å². The third kappa shape index (κ3) is 2.76. The molecule has 2 aromatic heterocycles. The summed E-state index contributed by atoms with van der Waals surface area (Å²) in [6, 6.07) is 1.81. The molecule has 1 aliphatic carbocycles. The van der Waals surface area contributed by atoms with Crippen LogP contribution in [0.15, 0.2) is 16.9 Å². The second kappa shape index (κ2) is 5.00. The van der Waals surface area contributed by atoms with Gasteiger partial charge in [-0.1, -0.05) is 5.16 Å². The van der Waals surface area contributed by atoms with Crippen LogP contribution in [0.4, 0.5) is 10.7 Å². The van der Waals surface area contributed by atoms with Gasteiger partial charge < -0.3 is 15.6 Å². The highest BCUT2D eigenvalue weighted by atomic mass is 32.1. The molecule has 0 amide bonds. The Morgan fingerprint density at radius 3 is 3.11 bits per heavy atom. The van der Waals surface area contributed by atoms with Crippen LogP contribution in [0.3, 0.4) is 0 Å². The van der Waals surface area contributed by atoms with Gasteiger partial charge in [-0.05, 0) is 18.9 Å². The zero-order valence-electron chi connectivity index (χ0n) is 10.3. The Kier molecular flexibility index (Phi) is 3.20. The quantitative estimate of drug-likeness (QED) is 0.784. The number of rotatable bonds is 6. The second-order valence-corrected chi connectivity index (χ2v) is 5.60. The Morgan fingerprint density at radius 2 is 2.42 bits per heavy atom. The van der Waals surface area contributed by atoms with Gasteiger partial charge in [-0.2, -0.15) is 4.98 Å². The van der Waals surface area contributed by atoms with Crippen molar-refractivity contribution in [2.45, 2.75) is 19.3 Å². The summed E-state index contributed by atoms with van der Waals surface area (Å²) < 4.78 is 4.90. The van der Waals surface area contributed by atoms with E-state index in [4.69, 9.17) is 10.3 Å². The summed E-state index contributed by atoms with van der Waals surface area (Å²) in [5, 5.41) is 7.66. The molecule has 1 saturated carbocycles. The first-order valence-electron chi connectivity index (χ1n) is 6.17. The predicted octanol–water partition coefficient (Wildman–Crippen LogP) is 1.96. The molecule has 0 saturated heterocycles. The molecular formula is C12H14N4O2S. The van der Waals surface area contributed by atoms with Crippen LogP contribution in [-0.4, -0.2) is 22.5 Å². The molecule has 100 valence electrons. The Balaban J connectivity index is 1.59. The number of Topliss-reactive ketones (excluding diaryl/α,β-unsaturated/α-hetero) is 1. The fraction of sp³-hybridized carbons (Fsp3) is 0.417. The molecule has 1 aliphatic rings. The monoisotopic (exact) mass is 278 g/mol. The van der Waals surface area contributed by atoms with Crippen LogP contribution in [-0.2, 0) is 6.42 Å². The minimum Gasteiger partial charge on any atom is -0.397 e. The van der Waals surface area contributed by atoms with Crippen LogP contribution in [0.25, 0.3) is 0 Å². The fourth-order valence-electron chi connectivity index (χ4n) is 1.81. The fourth-order valence-corrected chi connectivity index (χ4v) is 2.84. The van der Waals surface area contributed by atoms with E-state index in [1.54, 1.807) is 0 Å². The van der Waals surface area contributed by atoms with Crippen molar-refractivity contribution in [3.05, 3.63) is 23.2 Å². The topological polar surface area (TPSA) is 94.0 Å². The summed E-state index contributed by atoms with van der Waals surface area (Å²) in [7, 11) is 0. The lowest BCUT2D eigenvalue weighted by molar-refractivity contribution is 0.0972. The molecule has 0 unspecified atom stereocenters. The average Bonchev–Trinajstić information content (AvgIpc) is 3.00. The zero-order chi connectivity index (χ0) is 13.2. The van der Waals surface area contributed by atoms with Gasteiger partial charge in [0.1, 0.15) is 0 Å². The highest BCUT2D eigenvalue weighted by Crippen LogP contribution is 2.38. The summed E-state index contributed by atoms with van der Waals surface area (Å²) in [6.07, 6.45) is 4.01. The highest BCUT2D eigenvalue weighted by molar-refractivity contribution is 7.18. The standard InChI is InChI=1S/C12H14N4O2S/c13-8-5-10(14-4-3-9-15-6-16-18-9)19-12(8)11(17)7-1-2-7/h5-7,14H,1-4,13H2. The smallest absolute Gasteiger partial charge is 0.228 e. The maximum Gasteiger partial charge on any atom is 0.228 e. The summed E-state index contributed by atoms with van der Waals surface area (Å²) >= 11 is 1.42. The van der Waals surface area contributed by atoms with Crippen LogP contribution >= 0.6 is 11.3 Å². The van der Waals surface area contributed by atoms with E-state index in [1.807, 2.05) is 6.07 Å². The van der Waals surface area contributed by atoms with Crippen LogP contribution in [0.5, 0.6) is 0 Å². The number of nitrogen functional groups attached to an aromatic ring is 1. The number of aromatic nitrogens is 2. The number of nitrogens with zero attached hydrogens (tertiary/aromatic N) is 2. The second-order valence-electron chi connectivity index (χ2n) is 4.55. The number of carbonyl (C=O) groups is 1. The number of ketones is 1. The number of carbonyl (C=O) groups excluding carboxylic acids is 1. The van der Waals surface area contributed by atoms with E-state index in [0.717, 1.165) is 17.8 Å². The third-order valence-electron chi connectivity index (χ3n) is 2.98. The van der Waals surface area contributed by atoms with Gasteiger partial charge in [0, 0.05) is 18.9 Å². The van der Waals surface area contributed by atoms with Crippen molar-refractivity contribution in [2.75, 3.05) is 17.6 Å². The van der Waals surface area contributed by atoms with E-state index in [1.165, 1.54) is 17.7 Å². The van der Waals surface area contributed by atoms with Gasteiger partial charge >= 0.3 is 0 Å². The van der Waals surface area contributed by atoms with Gasteiger partial charge in [-0.15, -0.1) is 11.3 Å². The third-order valence-corrected chi connectivity index (χ3v) is 4.10. The van der Waals surface area contributed by atoms with Gasteiger partial charge in [-0.25, -0.2) is 0 Å². The van der Waals surface area contributed by atoms with Crippen LogP contribution in [0.2, 0.25) is 0 Å². The molecule has 0 atom stereocenters. The maximum atomic E-state index is 12.0. The van der Waals surface area contributed by atoms with Gasteiger partial charge in [0.2, 0.25) is 5.89 Å². The first-order valence-corrected chi connectivity index (χ1v) is 6.98. The van der Waals surface area contributed by atoms with Gasteiger partial charge in [0.25, 0.3) is 0 Å². The maximum absolute atomic E-state index is 12.0. The van der Waals surface area contributed by atoms with Crippen LogP contribution in [0, 0.1) is 5.92 Å². The normalized spacial score (nSPS) is 14.5. The summed E-state index contributed by atoms with van der Waals surface area (Å²) in [4.78, 5) is 16.6. The Labute approximate surface area is 114 Å². The molecule has 6 nitrogen and oxygen atoms in total. The highest BCUT2D eigenvalue weighted by Gasteiger charge is 2.32. The van der Waals surface area contributed by atoms with Gasteiger partial charge in [0.15, 0.2) is 12.1 Å². The van der Waals surface area contributed by atoms with Crippen molar-refractivity contribution in [1.82, 2.24) is 10.1 Å². The number of nitrogens with two attached hydrogens (primary N) is 1. The van der Waals surface area contributed by atoms with Crippen molar-refractivity contribution in [1.29, 1.82) is 0 Å². The number of nitrogens with one attached hydrogen (secondary N) is 1. The van der Waals surface area contributed by atoms with Crippen molar-refractivity contribution >= 4 is 27.8 Å². The SMILES string of the molecule is Nc1cc(NCCc2ncno2)sc1C(=O)C1CC1. The summed E-state index contributed by atoms with van der Waals surface area (Å²) in [5.41, 5.74) is 6.45. The first-order chi connectivity index (χ1) is 9.24. The number of hydrogen-bond donors (Lipinski definition) is 2. The molecule has 19 heavy (non-hydrogen) atoms. The van der Waals surface area contributed by atoms with E-state index in [2.05, 4.69) is 15.5 Å². The summed E-state index contributed by atoms with van der Waals surface area (Å²) in [6.45, 7) is 0.666. The molecule has 0 radical (unpaired) electrons. The molecule has 2 heterocycles. The lowest BCUT2D eigenvalue weighted by Crippen LogP contribution is -2.03. The minimum atomic E-state index is 0.187. The van der Waals surface area contributed by atoms with Crippen molar-refractivity contribution in [2.24, 2.45) is 5.92 Å². The van der Waals surface area contributed by atoms with Crippen LogP contribution < -0.4 is 11.1 Å². The molecule has 0 spiro atoms. The summed E-state index contributed by atoms with van der Waals surface area (Å²) in [5.74, 6) is 0.978. The molecule has 0 bridgehead atoms. The zero-order valence-corrected chi connectivity index (χ0v) is 11.1. The first kappa shape index (κ1) is 12.2. The van der Waals surface area contributed by atoms with E-state index < -0.39 is 0 Å². The van der Waals surface area contributed by atoms with E-state index in [0.29, 0.717) is 29.4 Å². The van der Waals surface area contributed by atoms with Crippen molar-refractivity contribution in [3.8, 4) is 0 Å². The molecule has 7 heteroatoms. The molecule has 3 rings (SSSR count). The van der Waals surface area contributed by atoms with Crippen molar-refractivity contribution in [3.63, 3.8) is 0 Å². The number of thiophene rings is 1. The van der Waals surface area contributed by atoms with E-state index in [9.17, 15) is 4.79 Å². The van der Waals surface area contributed by atoms with Gasteiger partial charge in [0.05, 0.1) is 15.6 Å². The lowest BCUT2D eigenvalue weighted by Gasteiger charge is -1.99. The van der Waals surface area contributed by atoms with E-state index >= 15 is 0 Å². The molecule has 3 N–H and O–H groups in total. The molecule has 0 aliphatic heterocycles. The molecular weight excluding hydrogens is 264 g/mol. The number of hydrogen-bond acceptors (Lipinski definition) is 7. The largest absolute Gasteiger partial charge is 0.397 e. The number of anilines is 2. The average molecular weight is 278 g/mol. The van der Waals surface area contributed by atoms with Crippen LogP contribution in [0.1, 0.15) is 28.4 Å².